The summed E-state index contributed by atoms with van der Waals surface area (Å²) < 4.78 is 1.92. The number of anilines is 1. The van der Waals surface area contributed by atoms with Gasteiger partial charge in [-0.05, 0) is 37.1 Å². The predicted molar refractivity (Wildman–Crippen MR) is 62.5 cm³/mol. The van der Waals surface area contributed by atoms with E-state index in [1.807, 2.05) is 36.1 Å². The lowest BCUT2D eigenvalue weighted by atomic mass is 10.1. The van der Waals surface area contributed by atoms with Crippen LogP contribution in [0.5, 0.6) is 0 Å². The lowest BCUT2D eigenvalue weighted by molar-refractivity contribution is 0.660. The number of hydrogen-bond donors (Lipinski definition) is 1. The largest absolute Gasteiger partial charge is 0.399 e. The molecule has 78 valence electrons. The molecule has 0 unspecified atom stereocenters. The van der Waals surface area contributed by atoms with E-state index in [0.717, 1.165) is 23.4 Å². The lowest BCUT2D eigenvalue weighted by Gasteiger charge is -2.02. The van der Waals surface area contributed by atoms with Gasteiger partial charge >= 0.3 is 0 Å². The van der Waals surface area contributed by atoms with Crippen LogP contribution in [0.25, 0.3) is 11.1 Å². The van der Waals surface area contributed by atoms with Crippen LogP contribution < -0.4 is 5.73 Å². The zero-order valence-corrected chi connectivity index (χ0v) is 9.07. The monoisotopic (exact) mass is 201 g/mol. The molecular formula is C12H15N3. The molecule has 2 N–H and O–H groups in total. The molecule has 0 amide bonds. The van der Waals surface area contributed by atoms with Gasteiger partial charge in [0.2, 0.25) is 0 Å². The van der Waals surface area contributed by atoms with E-state index in [4.69, 9.17) is 5.73 Å². The number of aromatic nitrogens is 2. The van der Waals surface area contributed by atoms with Crippen LogP contribution in [0.3, 0.4) is 0 Å². The fourth-order valence-electron chi connectivity index (χ4n) is 1.54. The maximum absolute atomic E-state index is 5.78. The van der Waals surface area contributed by atoms with E-state index in [1.54, 1.807) is 0 Å². The van der Waals surface area contributed by atoms with E-state index < -0.39 is 0 Å². The van der Waals surface area contributed by atoms with Crippen molar-refractivity contribution in [1.29, 1.82) is 0 Å². The van der Waals surface area contributed by atoms with Crippen molar-refractivity contribution < 1.29 is 0 Å². The number of benzene rings is 1. The summed E-state index contributed by atoms with van der Waals surface area (Å²) in [5.74, 6) is 0. The molecule has 0 radical (unpaired) electrons. The smallest absolute Gasteiger partial charge is 0.0568 e. The van der Waals surface area contributed by atoms with Crippen LogP contribution in [0.15, 0.2) is 30.6 Å². The molecule has 15 heavy (non-hydrogen) atoms. The summed E-state index contributed by atoms with van der Waals surface area (Å²) >= 11 is 0. The van der Waals surface area contributed by atoms with Crippen molar-refractivity contribution >= 4 is 5.69 Å². The molecule has 0 aliphatic heterocycles. The second-order valence-electron chi connectivity index (χ2n) is 3.66. The molecule has 2 aromatic rings. The molecule has 0 aliphatic carbocycles. The Kier molecular flexibility index (Phi) is 2.46. The van der Waals surface area contributed by atoms with Gasteiger partial charge in [-0.25, -0.2) is 0 Å². The average Bonchev–Trinajstić information content (AvgIpc) is 2.70. The molecular weight excluding hydrogens is 186 g/mol. The van der Waals surface area contributed by atoms with Gasteiger partial charge in [-0.2, -0.15) is 5.10 Å². The SMILES string of the molecule is CCn1cc(-c2ccc(N)c(C)c2)cn1. The summed E-state index contributed by atoms with van der Waals surface area (Å²) in [5.41, 5.74) is 10.0. The second kappa shape index (κ2) is 3.77. The lowest BCUT2D eigenvalue weighted by Crippen LogP contribution is -1.92. The van der Waals surface area contributed by atoms with Crippen molar-refractivity contribution in [2.45, 2.75) is 20.4 Å². The Morgan fingerprint density at radius 2 is 2.13 bits per heavy atom. The van der Waals surface area contributed by atoms with Crippen LogP contribution in [-0.2, 0) is 6.54 Å². The fourth-order valence-corrected chi connectivity index (χ4v) is 1.54. The third kappa shape index (κ3) is 1.86. The van der Waals surface area contributed by atoms with Gasteiger partial charge in [-0.15, -0.1) is 0 Å². The first-order chi connectivity index (χ1) is 7.20. The molecule has 1 aromatic carbocycles. The third-order valence-electron chi connectivity index (χ3n) is 2.56. The average molecular weight is 201 g/mol. The molecule has 0 spiro atoms. The Morgan fingerprint density at radius 3 is 2.73 bits per heavy atom. The van der Waals surface area contributed by atoms with Crippen LogP contribution in [0.4, 0.5) is 5.69 Å². The molecule has 0 fully saturated rings. The standard InChI is InChI=1S/C12H15N3/c1-3-15-8-11(7-14-15)10-4-5-12(13)9(2)6-10/h4-8H,3,13H2,1-2H3. The molecule has 3 nitrogen and oxygen atoms in total. The summed E-state index contributed by atoms with van der Waals surface area (Å²) in [6.45, 7) is 4.99. The van der Waals surface area contributed by atoms with Gasteiger partial charge in [-0.3, -0.25) is 4.68 Å². The first kappa shape index (κ1) is 9.77. The minimum Gasteiger partial charge on any atom is -0.399 e. The van der Waals surface area contributed by atoms with E-state index in [-0.39, 0.29) is 0 Å². The number of hydrogen-bond acceptors (Lipinski definition) is 2. The van der Waals surface area contributed by atoms with Crippen LogP contribution in [0, 0.1) is 6.92 Å². The predicted octanol–water partition coefficient (Wildman–Crippen LogP) is 2.46. The van der Waals surface area contributed by atoms with E-state index in [9.17, 15) is 0 Å². The highest BCUT2D eigenvalue weighted by Crippen LogP contribution is 2.22. The molecule has 1 aromatic heterocycles. The number of nitrogen functional groups attached to an aromatic ring is 1. The molecule has 1 heterocycles. The first-order valence-electron chi connectivity index (χ1n) is 5.09. The first-order valence-corrected chi connectivity index (χ1v) is 5.09. The second-order valence-corrected chi connectivity index (χ2v) is 3.66. The highest BCUT2D eigenvalue weighted by molar-refractivity contribution is 5.66. The van der Waals surface area contributed by atoms with Crippen molar-refractivity contribution in [3.05, 3.63) is 36.2 Å². The minimum atomic E-state index is 0.835. The fraction of sp³-hybridized carbons (Fsp3) is 0.250. The van der Waals surface area contributed by atoms with Crippen LogP contribution in [0.1, 0.15) is 12.5 Å². The topological polar surface area (TPSA) is 43.8 Å². The van der Waals surface area contributed by atoms with Gasteiger partial charge in [0.05, 0.1) is 6.20 Å². The van der Waals surface area contributed by atoms with Gasteiger partial charge < -0.3 is 5.73 Å². The number of rotatable bonds is 2. The normalized spacial score (nSPS) is 10.5. The summed E-state index contributed by atoms with van der Waals surface area (Å²) in [5, 5.41) is 4.25. The van der Waals surface area contributed by atoms with Gasteiger partial charge in [0.25, 0.3) is 0 Å². The highest BCUT2D eigenvalue weighted by Gasteiger charge is 2.02. The third-order valence-corrected chi connectivity index (χ3v) is 2.56. The molecule has 3 heteroatoms. The molecule has 0 saturated carbocycles. The molecule has 0 atom stereocenters. The maximum atomic E-state index is 5.78. The maximum Gasteiger partial charge on any atom is 0.0568 e. The number of aryl methyl sites for hydroxylation is 2. The zero-order valence-electron chi connectivity index (χ0n) is 9.07. The van der Waals surface area contributed by atoms with Crippen LogP contribution in [-0.4, -0.2) is 9.78 Å². The van der Waals surface area contributed by atoms with Gasteiger partial charge in [0, 0.05) is 24.0 Å². The Labute approximate surface area is 89.5 Å². The van der Waals surface area contributed by atoms with Crippen molar-refractivity contribution in [1.82, 2.24) is 9.78 Å². The van der Waals surface area contributed by atoms with Crippen LogP contribution >= 0.6 is 0 Å². The van der Waals surface area contributed by atoms with E-state index in [0.29, 0.717) is 0 Å². The van der Waals surface area contributed by atoms with E-state index in [2.05, 4.69) is 18.1 Å². The van der Waals surface area contributed by atoms with Crippen LogP contribution in [0.2, 0.25) is 0 Å². The van der Waals surface area contributed by atoms with E-state index >= 15 is 0 Å². The number of nitrogens with zero attached hydrogens (tertiary/aromatic N) is 2. The van der Waals surface area contributed by atoms with Crippen molar-refractivity contribution in [2.24, 2.45) is 0 Å². The van der Waals surface area contributed by atoms with Gasteiger partial charge in [-0.1, -0.05) is 6.07 Å². The molecule has 0 aliphatic rings. The summed E-state index contributed by atoms with van der Waals surface area (Å²) in [4.78, 5) is 0. The van der Waals surface area contributed by atoms with E-state index in [1.165, 1.54) is 5.56 Å². The number of nitrogens with two attached hydrogens (primary N) is 1. The van der Waals surface area contributed by atoms with Gasteiger partial charge in [0.15, 0.2) is 0 Å². The van der Waals surface area contributed by atoms with Crippen molar-refractivity contribution in [3.8, 4) is 11.1 Å². The quantitative estimate of drug-likeness (QED) is 0.758. The molecule has 0 saturated heterocycles. The summed E-state index contributed by atoms with van der Waals surface area (Å²) in [6, 6.07) is 6.06. The molecule has 2 rings (SSSR count). The summed E-state index contributed by atoms with van der Waals surface area (Å²) in [6.07, 6.45) is 3.93. The minimum absolute atomic E-state index is 0.835. The Morgan fingerprint density at radius 1 is 1.33 bits per heavy atom. The summed E-state index contributed by atoms with van der Waals surface area (Å²) in [7, 11) is 0. The Bertz CT molecular complexity index is 471. The van der Waals surface area contributed by atoms with Crippen molar-refractivity contribution in [3.63, 3.8) is 0 Å². The Balaban J connectivity index is 2.40. The highest BCUT2D eigenvalue weighted by atomic mass is 15.3. The zero-order chi connectivity index (χ0) is 10.8. The van der Waals surface area contributed by atoms with Crippen molar-refractivity contribution in [2.75, 3.05) is 5.73 Å². The Hall–Kier alpha value is -1.77. The van der Waals surface area contributed by atoms with Gasteiger partial charge in [0.1, 0.15) is 0 Å². The molecule has 0 bridgehead atoms.